The summed E-state index contributed by atoms with van der Waals surface area (Å²) in [6, 6.07) is 14.4. The molecule has 2 N–H and O–H groups in total. The Labute approximate surface area is 197 Å². The maximum Gasteiger partial charge on any atom is 0.267 e. The van der Waals surface area contributed by atoms with Crippen LogP contribution in [0.5, 0.6) is 0 Å². The van der Waals surface area contributed by atoms with Gasteiger partial charge in [0.15, 0.2) is 0 Å². The molecule has 170 valence electrons. The first-order valence-corrected chi connectivity index (χ1v) is 11.4. The highest BCUT2D eigenvalue weighted by molar-refractivity contribution is 7.15. The van der Waals surface area contributed by atoms with Crippen molar-refractivity contribution in [2.24, 2.45) is 0 Å². The van der Waals surface area contributed by atoms with Gasteiger partial charge in [0.2, 0.25) is 5.13 Å². The molecule has 5 rings (SSSR count). The van der Waals surface area contributed by atoms with E-state index in [1.54, 1.807) is 23.8 Å². The molecule has 0 aliphatic rings. The van der Waals surface area contributed by atoms with Crippen molar-refractivity contribution >= 4 is 39.1 Å². The topological polar surface area (TPSA) is 118 Å². The average molecular weight is 472 g/mol. The minimum absolute atomic E-state index is 0.0487. The van der Waals surface area contributed by atoms with Crippen LogP contribution in [0.15, 0.2) is 59.5 Å². The van der Waals surface area contributed by atoms with Crippen LogP contribution in [0.3, 0.4) is 0 Å². The molecule has 1 atom stereocenters. The number of fused-ring (bicyclic) bond motifs is 2. The molecule has 1 amide bonds. The van der Waals surface area contributed by atoms with Crippen molar-refractivity contribution in [2.45, 2.75) is 26.8 Å². The monoisotopic (exact) mass is 471 g/mol. The zero-order valence-electron chi connectivity index (χ0n) is 18.7. The molecule has 0 aliphatic heterocycles. The number of benzene rings is 1. The van der Waals surface area contributed by atoms with Crippen molar-refractivity contribution < 1.29 is 4.79 Å². The second kappa shape index (κ2) is 8.31. The van der Waals surface area contributed by atoms with Crippen LogP contribution < -0.4 is 16.4 Å². The Morgan fingerprint density at radius 3 is 2.56 bits per heavy atom. The lowest BCUT2D eigenvalue weighted by Crippen LogP contribution is -2.34. The molecule has 4 aromatic heterocycles. The predicted octanol–water partition coefficient (Wildman–Crippen LogP) is 3.46. The number of aryl methyl sites for hydroxylation is 2. The van der Waals surface area contributed by atoms with Gasteiger partial charge in [0, 0.05) is 6.20 Å². The molecule has 0 radical (unpaired) electrons. The number of nitrogens with zero attached hydrogens (tertiary/aromatic N) is 5. The van der Waals surface area contributed by atoms with E-state index in [4.69, 9.17) is 10.4 Å². The predicted molar refractivity (Wildman–Crippen MR) is 130 cm³/mol. The van der Waals surface area contributed by atoms with Gasteiger partial charge >= 0.3 is 0 Å². The molecule has 10 heteroatoms. The third-order valence-electron chi connectivity index (χ3n) is 5.74. The summed E-state index contributed by atoms with van der Waals surface area (Å²) in [6.45, 7) is 5.59. The molecule has 0 saturated heterocycles. The number of pyridine rings is 2. The Hall–Kier alpha value is -4.18. The number of hydrogen-bond acceptors (Lipinski definition) is 7. The molecule has 34 heavy (non-hydrogen) atoms. The Bertz CT molecular complexity index is 1690. The van der Waals surface area contributed by atoms with Gasteiger partial charge in [-0.25, -0.2) is 4.98 Å². The van der Waals surface area contributed by atoms with E-state index in [2.05, 4.69) is 15.5 Å². The summed E-state index contributed by atoms with van der Waals surface area (Å²) in [5.41, 5.74) is 2.31. The van der Waals surface area contributed by atoms with Gasteiger partial charge in [0.05, 0.1) is 17.0 Å². The number of rotatable bonds is 4. The van der Waals surface area contributed by atoms with Gasteiger partial charge in [-0.1, -0.05) is 47.7 Å². The summed E-state index contributed by atoms with van der Waals surface area (Å²) in [5.74, 6) is -0.536. The van der Waals surface area contributed by atoms with Crippen LogP contribution in [-0.4, -0.2) is 30.1 Å². The lowest BCUT2D eigenvalue weighted by atomic mass is 10.1. The molecule has 0 spiro atoms. The zero-order valence-corrected chi connectivity index (χ0v) is 19.6. The van der Waals surface area contributed by atoms with Crippen LogP contribution in [0.25, 0.3) is 16.7 Å². The molecule has 0 bridgehead atoms. The molecule has 0 aliphatic carbocycles. The highest BCUT2D eigenvalue weighted by Gasteiger charge is 2.22. The highest BCUT2D eigenvalue weighted by atomic mass is 32.1. The fourth-order valence-electron chi connectivity index (χ4n) is 4.00. The van der Waals surface area contributed by atoms with Crippen molar-refractivity contribution in [3.63, 3.8) is 0 Å². The molecular formula is C24H21N7O2S. The summed E-state index contributed by atoms with van der Waals surface area (Å²) in [7, 11) is 0. The number of hydrogen-bond donors (Lipinski definition) is 2. The fourth-order valence-corrected chi connectivity index (χ4v) is 4.59. The third kappa shape index (κ3) is 3.57. The lowest BCUT2D eigenvalue weighted by Gasteiger charge is -2.21. The molecule has 0 fully saturated rings. The van der Waals surface area contributed by atoms with E-state index in [9.17, 15) is 9.59 Å². The first-order chi connectivity index (χ1) is 16.3. The van der Waals surface area contributed by atoms with Crippen molar-refractivity contribution in [2.75, 3.05) is 5.32 Å². The summed E-state index contributed by atoms with van der Waals surface area (Å²) in [6.07, 6.45) is 1.65. The van der Waals surface area contributed by atoms with Crippen LogP contribution in [0.2, 0.25) is 0 Å². The standard InChI is InChI=1S/C24H21N7O2S/c1-13-8-7-11-30-20(13)26-21-18(23(30)33)12-17(22(32)27-24-29-28-15(3)34-24)19(25)31(21)14(2)16-9-5-4-6-10-16/h4-12,14,25H,1-3H3,(H,27,29,32). The Balaban J connectivity index is 1.82. The van der Waals surface area contributed by atoms with E-state index < -0.39 is 5.91 Å². The summed E-state index contributed by atoms with van der Waals surface area (Å²) >= 11 is 1.23. The van der Waals surface area contributed by atoms with Crippen molar-refractivity contribution in [1.82, 2.24) is 24.1 Å². The van der Waals surface area contributed by atoms with Gasteiger partial charge in [0.25, 0.3) is 11.5 Å². The molecule has 0 saturated carbocycles. The van der Waals surface area contributed by atoms with E-state index in [0.29, 0.717) is 21.4 Å². The first-order valence-electron chi connectivity index (χ1n) is 10.6. The molecule has 1 unspecified atom stereocenters. The highest BCUT2D eigenvalue weighted by Crippen LogP contribution is 2.22. The maximum atomic E-state index is 13.5. The first kappa shape index (κ1) is 21.7. The number of aromatic nitrogens is 5. The van der Waals surface area contributed by atoms with Crippen molar-refractivity contribution in [3.8, 4) is 0 Å². The lowest BCUT2D eigenvalue weighted by molar-refractivity contribution is 0.102. The van der Waals surface area contributed by atoms with Crippen LogP contribution in [0.1, 0.15) is 39.5 Å². The van der Waals surface area contributed by atoms with Crippen molar-refractivity contribution in [1.29, 1.82) is 5.41 Å². The summed E-state index contributed by atoms with van der Waals surface area (Å²) < 4.78 is 3.10. The van der Waals surface area contributed by atoms with Crippen LogP contribution in [0, 0.1) is 19.3 Å². The largest absolute Gasteiger partial charge is 0.303 e. The fraction of sp³-hybridized carbons (Fsp3) is 0.167. The smallest absolute Gasteiger partial charge is 0.267 e. The van der Waals surface area contributed by atoms with Crippen LogP contribution in [0.4, 0.5) is 5.13 Å². The molecular weight excluding hydrogens is 450 g/mol. The number of nitrogens with one attached hydrogen (secondary N) is 2. The van der Waals surface area contributed by atoms with Gasteiger partial charge in [-0.15, -0.1) is 10.2 Å². The third-order valence-corrected chi connectivity index (χ3v) is 6.49. The zero-order chi connectivity index (χ0) is 24.0. The quantitative estimate of drug-likeness (QED) is 0.389. The minimum atomic E-state index is -0.536. The average Bonchev–Trinajstić information content (AvgIpc) is 3.24. The number of carbonyl (C=O) groups is 1. The van der Waals surface area contributed by atoms with E-state index >= 15 is 0 Å². The van der Waals surface area contributed by atoms with Crippen molar-refractivity contribution in [3.05, 3.63) is 92.3 Å². The Morgan fingerprint density at radius 1 is 1.09 bits per heavy atom. The molecule has 5 aromatic rings. The molecule has 1 aromatic carbocycles. The second-order valence-electron chi connectivity index (χ2n) is 7.98. The minimum Gasteiger partial charge on any atom is -0.303 e. The second-order valence-corrected chi connectivity index (χ2v) is 9.16. The summed E-state index contributed by atoms with van der Waals surface area (Å²) in [5, 5.41) is 20.8. The van der Waals surface area contributed by atoms with Crippen LogP contribution >= 0.6 is 11.3 Å². The van der Waals surface area contributed by atoms with E-state index in [-0.39, 0.29) is 28.0 Å². The van der Waals surface area contributed by atoms with Gasteiger partial charge in [-0.3, -0.25) is 24.7 Å². The van der Waals surface area contributed by atoms with E-state index in [1.165, 1.54) is 21.8 Å². The number of amides is 1. The number of anilines is 1. The molecule has 4 heterocycles. The van der Waals surface area contributed by atoms with E-state index in [1.807, 2.05) is 50.2 Å². The normalized spacial score (nSPS) is 12.2. The van der Waals surface area contributed by atoms with Gasteiger partial charge in [-0.05, 0) is 44.0 Å². The SMILES string of the molecule is Cc1nnc(NC(=O)c2cc3c(=O)n4cccc(C)c4nc3n(C(C)c3ccccc3)c2=N)s1. The van der Waals surface area contributed by atoms with Gasteiger partial charge in [-0.2, -0.15) is 0 Å². The number of carbonyl (C=O) groups excluding carboxylic acids is 1. The van der Waals surface area contributed by atoms with Gasteiger partial charge < -0.3 is 4.57 Å². The Kier molecular flexibility index (Phi) is 5.29. The van der Waals surface area contributed by atoms with Crippen LogP contribution in [-0.2, 0) is 0 Å². The van der Waals surface area contributed by atoms with E-state index in [0.717, 1.165) is 11.1 Å². The maximum absolute atomic E-state index is 13.5. The summed E-state index contributed by atoms with van der Waals surface area (Å²) in [4.78, 5) is 31.5. The molecule has 9 nitrogen and oxygen atoms in total. The Morgan fingerprint density at radius 2 is 1.85 bits per heavy atom. The van der Waals surface area contributed by atoms with Gasteiger partial charge in [0.1, 0.15) is 21.8 Å².